The number of nitrogens with two attached hydrogens (primary N) is 1. The van der Waals surface area contributed by atoms with Crippen LogP contribution in [0, 0.1) is 0 Å². The van der Waals surface area contributed by atoms with Crippen LogP contribution in [0.2, 0.25) is 10.0 Å². The van der Waals surface area contributed by atoms with Gasteiger partial charge in [0.05, 0.1) is 12.2 Å². The molecule has 0 spiro atoms. The molecular formula is C32H38Cl2N2O8. The van der Waals surface area contributed by atoms with Crippen molar-refractivity contribution in [2.45, 2.75) is 73.0 Å². The molecule has 2 aromatic rings. The number of halogens is 2. The van der Waals surface area contributed by atoms with Gasteiger partial charge >= 0.3 is 24.1 Å². The summed E-state index contributed by atoms with van der Waals surface area (Å²) < 4.78 is 21.5. The van der Waals surface area contributed by atoms with E-state index in [1.807, 2.05) is 6.92 Å². The molecule has 0 atom stereocenters. The fourth-order valence-electron chi connectivity index (χ4n) is 3.66. The van der Waals surface area contributed by atoms with Crippen LogP contribution in [-0.2, 0) is 35.0 Å². The van der Waals surface area contributed by atoms with E-state index in [1.165, 1.54) is 24.3 Å². The average Bonchev–Trinajstić information content (AvgIpc) is 2.88. The minimum atomic E-state index is -1.12. The van der Waals surface area contributed by atoms with E-state index in [2.05, 4.69) is 0 Å². The van der Waals surface area contributed by atoms with Gasteiger partial charge < -0.3 is 24.7 Å². The standard InChI is InChI=1S/C32H38Cl2N2O8/c1-9-19-17-22(34)15-16-23(19)25(28(38)41-10-2)26(35)42-27(37)24(20-11-13-21(33)14-12-20)18-36(29(39)43-31(3,4)5)30(40)44-32(6,7)8/h11-18H,9-10,35H2,1-8H3/b24-18+,26-25-. The smallest absolute Gasteiger partial charge is 0.424 e. The summed E-state index contributed by atoms with van der Waals surface area (Å²) in [5.74, 6) is -2.53. The van der Waals surface area contributed by atoms with Gasteiger partial charge in [-0.05, 0) is 95.8 Å². The van der Waals surface area contributed by atoms with Crippen LogP contribution < -0.4 is 5.73 Å². The molecule has 238 valence electrons. The SMILES string of the molecule is CCOC(=O)/C(=C(/N)OC(=O)/C(=C/N(C(=O)OC(C)(C)C)C(=O)OC(C)(C)C)c1ccc(Cl)cc1)c1ccc(Cl)cc1CC. The predicted molar refractivity (Wildman–Crippen MR) is 168 cm³/mol. The van der Waals surface area contributed by atoms with Crippen molar-refractivity contribution in [1.82, 2.24) is 4.90 Å². The zero-order valence-corrected chi connectivity index (χ0v) is 27.6. The molecule has 0 aliphatic heterocycles. The van der Waals surface area contributed by atoms with Gasteiger partial charge in [-0.15, -0.1) is 0 Å². The fraction of sp³-hybridized carbons (Fsp3) is 0.375. The van der Waals surface area contributed by atoms with Crippen LogP contribution in [0.25, 0.3) is 11.1 Å². The van der Waals surface area contributed by atoms with E-state index >= 15 is 0 Å². The molecule has 10 nitrogen and oxygen atoms in total. The van der Waals surface area contributed by atoms with Crippen molar-refractivity contribution in [2.24, 2.45) is 5.73 Å². The fourth-order valence-corrected chi connectivity index (χ4v) is 3.98. The summed E-state index contributed by atoms with van der Waals surface area (Å²) in [6.07, 6.45) is -0.840. The Morgan fingerprint density at radius 2 is 1.34 bits per heavy atom. The number of aryl methyl sites for hydroxylation is 1. The number of hydrogen-bond acceptors (Lipinski definition) is 9. The molecule has 0 unspecified atom stereocenters. The summed E-state index contributed by atoms with van der Waals surface area (Å²) in [4.78, 5) is 53.7. The van der Waals surface area contributed by atoms with Gasteiger partial charge in [0.1, 0.15) is 16.8 Å². The van der Waals surface area contributed by atoms with E-state index in [0.717, 1.165) is 6.20 Å². The summed E-state index contributed by atoms with van der Waals surface area (Å²) >= 11 is 12.2. The van der Waals surface area contributed by atoms with Gasteiger partial charge in [0, 0.05) is 16.2 Å². The second kappa shape index (κ2) is 15.1. The summed E-state index contributed by atoms with van der Waals surface area (Å²) in [5.41, 5.74) is 4.94. The molecule has 2 amide bonds. The lowest BCUT2D eigenvalue weighted by atomic mass is 9.98. The van der Waals surface area contributed by atoms with Crippen LogP contribution in [0.3, 0.4) is 0 Å². The number of nitrogens with zero attached hydrogens (tertiary/aromatic N) is 1. The predicted octanol–water partition coefficient (Wildman–Crippen LogP) is 7.50. The zero-order valence-electron chi connectivity index (χ0n) is 26.1. The van der Waals surface area contributed by atoms with E-state index in [-0.39, 0.29) is 23.3 Å². The van der Waals surface area contributed by atoms with Crippen molar-refractivity contribution < 1.29 is 38.1 Å². The molecule has 44 heavy (non-hydrogen) atoms. The number of esters is 2. The second-order valence-corrected chi connectivity index (χ2v) is 12.3. The minimum Gasteiger partial charge on any atom is -0.462 e. The Morgan fingerprint density at radius 1 is 0.818 bits per heavy atom. The van der Waals surface area contributed by atoms with E-state index in [1.54, 1.807) is 66.7 Å². The maximum absolute atomic E-state index is 13.8. The van der Waals surface area contributed by atoms with Crippen LogP contribution in [0.4, 0.5) is 9.59 Å². The topological polar surface area (TPSA) is 134 Å². The summed E-state index contributed by atoms with van der Waals surface area (Å²) in [5, 5.41) is 0.790. The van der Waals surface area contributed by atoms with Gasteiger partial charge in [0.15, 0.2) is 0 Å². The average molecular weight is 650 g/mol. The van der Waals surface area contributed by atoms with Crippen molar-refractivity contribution in [3.05, 3.63) is 81.3 Å². The van der Waals surface area contributed by atoms with Crippen LogP contribution in [0.5, 0.6) is 0 Å². The molecule has 0 radical (unpaired) electrons. The lowest BCUT2D eigenvalue weighted by Crippen LogP contribution is -2.41. The molecule has 2 aromatic carbocycles. The molecule has 0 saturated heterocycles. The Balaban J connectivity index is 2.76. The van der Waals surface area contributed by atoms with Gasteiger partial charge in [0.2, 0.25) is 5.88 Å². The summed E-state index contributed by atoms with van der Waals surface area (Å²) in [6.45, 7) is 13.2. The molecule has 0 heterocycles. The number of imide groups is 1. The van der Waals surface area contributed by atoms with Crippen molar-refractivity contribution in [2.75, 3.05) is 6.61 Å². The van der Waals surface area contributed by atoms with E-state index in [4.69, 9.17) is 47.9 Å². The van der Waals surface area contributed by atoms with E-state index < -0.39 is 41.2 Å². The number of carbonyl (C=O) groups is 4. The number of amides is 2. The maximum atomic E-state index is 13.8. The maximum Gasteiger partial charge on any atom is 0.424 e. The number of carbonyl (C=O) groups excluding carboxylic acids is 4. The molecule has 2 N–H and O–H groups in total. The van der Waals surface area contributed by atoms with Gasteiger partial charge in [-0.25, -0.2) is 19.2 Å². The van der Waals surface area contributed by atoms with E-state index in [9.17, 15) is 19.2 Å². The number of benzene rings is 2. The highest BCUT2D eigenvalue weighted by molar-refractivity contribution is 6.31. The molecular weight excluding hydrogens is 611 g/mol. The molecule has 12 heteroatoms. The number of ether oxygens (including phenoxy) is 4. The third kappa shape index (κ3) is 10.6. The second-order valence-electron chi connectivity index (χ2n) is 11.4. The Bertz CT molecular complexity index is 1420. The first-order valence-electron chi connectivity index (χ1n) is 13.8. The molecule has 0 aromatic heterocycles. The lowest BCUT2D eigenvalue weighted by Gasteiger charge is -2.27. The Hall–Kier alpha value is -4.02. The third-order valence-electron chi connectivity index (χ3n) is 5.46. The Kier molecular flexibility index (Phi) is 12.4. The molecule has 0 fully saturated rings. The van der Waals surface area contributed by atoms with Gasteiger partial charge in [-0.3, -0.25) is 0 Å². The molecule has 0 bridgehead atoms. The summed E-state index contributed by atoms with van der Waals surface area (Å²) in [7, 11) is 0. The molecule has 2 rings (SSSR count). The molecule has 0 aliphatic rings. The van der Waals surface area contributed by atoms with Crippen molar-refractivity contribution in [3.63, 3.8) is 0 Å². The summed E-state index contributed by atoms with van der Waals surface area (Å²) in [6, 6.07) is 10.7. The van der Waals surface area contributed by atoms with Crippen molar-refractivity contribution >= 4 is 58.5 Å². The molecule has 0 saturated carbocycles. The first-order valence-corrected chi connectivity index (χ1v) is 14.5. The van der Waals surface area contributed by atoms with Gasteiger partial charge in [0.25, 0.3) is 0 Å². The minimum absolute atomic E-state index is 0.0231. The van der Waals surface area contributed by atoms with Gasteiger partial charge in [-0.1, -0.05) is 48.3 Å². The van der Waals surface area contributed by atoms with Crippen LogP contribution in [-0.4, -0.2) is 46.8 Å². The highest BCUT2D eigenvalue weighted by Gasteiger charge is 2.32. The quantitative estimate of drug-likeness (QED) is 0.133. The van der Waals surface area contributed by atoms with E-state index in [0.29, 0.717) is 32.5 Å². The highest BCUT2D eigenvalue weighted by Crippen LogP contribution is 2.28. The number of rotatable bonds is 8. The molecule has 0 aliphatic carbocycles. The Morgan fingerprint density at radius 3 is 1.82 bits per heavy atom. The van der Waals surface area contributed by atoms with Crippen molar-refractivity contribution in [3.8, 4) is 0 Å². The number of hydrogen-bond donors (Lipinski definition) is 1. The van der Waals surface area contributed by atoms with Crippen LogP contribution >= 0.6 is 23.2 Å². The Labute approximate surface area is 267 Å². The first kappa shape index (κ1) is 36.2. The largest absolute Gasteiger partial charge is 0.462 e. The van der Waals surface area contributed by atoms with Gasteiger partial charge in [-0.2, -0.15) is 4.90 Å². The lowest BCUT2D eigenvalue weighted by molar-refractivity contribution is -0.136. The van der Waals surface area contributed by atoms with Crippen LogP contribution in [0.1, 0.15) is 72.1 Å². The third-order valence-corrected chi connectivity index (χ3v) is 5.95. The highest BCUT2D eigenvalue weighted by atomic mass is 35.5. The first-order chi connectivity index (χ1) is 20.4. The van der Waals surface area contributed by atoms with Crippen molar-refractivity contribution in [1.29, 1.82) is 0 Å². The van der Waals surface area contributed by atoms with Crippen LogP contribution in [0.15, 0.2) is 54.5 Å². The zero-order chi connectivity index (χ0) is 33.4. The monoisotopic (exact) mass is 648 g/mol. The normalized spacial score (nSPS) is 12.5.